The van der Waals surface area contributed by atoms with Gasteiger partial charge in [0, 0.05) is 31.4 Å². The fourth-order valence-electron chi connectivity index (χ4n) is 3.51. The van der Waals surface area contributed by atoms with Crippen molar-refractivity contribution in [3.63, 3.8) is 0 Å². The van der Waals surface area contributed by atoms with Gasteiger partial charge in [-0.3, -0.25) is 4.90 Å². The predicted molar refractivity (Wildman–Crippen MR) is 80.4 cm³/mol. The monoisotopic (exact) mass is 259 g/mol. The molecule has 0 saturated carbocycles. The summed E-state index contributed by atoms with van der Waals surface area (Å²) in [5.74, 6) is 0.729. The van der Waals surface area contributed by atoms with E-state index in [4.69, 9.17) is 5.73 Å². The predicted octanol–water partition coefficient (Wildman–Crippen LogP) is 1.94. The standard InChI is InChI=1S/C16H25N3/c17-11-14-8-10-19(12-14)16-7-4-9-18(13-16)15-5-2-1-3-6-15/h1-3,5-6,14,16H,4,7-13,17H2. The van der Waals surface area contributed by atoms with Crippen LogP contribution in [0.4, 0.5) is 5.69 Å². The Balaban J connectivity index is 1.62. The topological polar surface area (TPSA) is 32.5 Å². The van der Waals surface area contributed by atoms with Crippen LogP contribution in [0, 0.1) is 5.92 Å². The molecule has 3 rings (SSSR count). The average molecular weight is 259 g/mol. The van der Waals surface area contributed by atoms with Crippen LogP contribution in [0.2, 0.25) is 0 Å². The number of hydrogen-bond acceptors (Lipinski definition) is 3. The van der Waals surface area contributed by atoms with E-state index < -0.39 is 0 Å². The van der Waals surface area contributed by atoms with Crippen LogP contribution in [-0.4, -0.2) is 43.7 Å². The molecule has 2 atom stereocenters. The maximum atomic E-state index is 5.81. The first-order valence-corrected chi connectivity index (χ1v) is 7.61. The van der Waals surface area contributed by atoms with Crippen molar-refractivity contribution in [3.05, 3.63) is 30.3 Å². The second-order valence-corrected chi connectivity index (χ2v) is 5.96. The molecule has 2 heterocycles. The van der Waals surface area contributed by atoms with Gasteiger partial charge in [-0.05, 0) is 50.4 Å². The van der Waals surface area contributed by atoms with Gasteiger partial charge < -0.3 is 10.6 Å². The summed E-state index contributed by atoms with van der Waals surface area (Å²) in [6, 6.07) is 11.6. The Morgan fingerprint density at radius 2 is 1.89 bits per heavy atom. The lowest BCUT2D eigenvalue weighted by atomic mass is 10.0. The number of nitrogens with two attached hydrogens (primary N) is 1. The summed E-state index contributed by atoms with van der Waals surface area (Å²) in [6.07, 6.45) is 3.95. The van der Waals surface area contributed by atoms with Gasteiger partial charge in [-0.25, -0.2) is 0 Å². The molecule has 0 radical (unpaired) electrons. The first-order chi connectivity index (χ1) is 9.36. The molecule has 0 bridgehead atoms. The van der Waals surface area contributed by atoms with E-state index in [1.807, 2.05) is 0 Å². The molecule has 0 aliphatic carbocycles. The number of benzene rings is 1. The van der Waals surface area contributed by atoms with E-state index in [9.17, 15) is 0 Å². The molecule has 1 aromatic rings. The summed E-state index contributed by atoms with van der Waals surface area (Å²) < 4.78 is 0. The van der Waals surface area contributed by atoms with Gasteiger partial charge in [0.15, 0.2) is 0 Å². The third-order valence-corrected chi connectivity index (χ3v) is 4.68. The average Bonchev–Trinajstić information content (AvgIpc) is 2.97. The molecule has 0 amide bonds. The largest absolute Gasteiger partial charge is 0.370 e. The Morgan fingerprint density at radius 1 is 1.05 bits per heavy atom. The van der Waals surface area contributed by atoms with E-state index in [-0.39, 0.29) is 0 Å². The highest BCUT2D eigenvalue weighted by Gasteiger charge is 2.30. The number of rotatable bonds is 3. The van der Waals surface area contributed by atoms with Crippen molar-refractivity contribution in [1.29, 1.82) is 0 Å². The van der Waals surface area contributed by atoms with Crippen molar-refractivity contribution in [2.75, 3.05) is 37.6 Å². The van der Waals surface area contributed by atoms with Crippen LogP contribution in [0.25, 0.3) is 0 Å². The molecule has 2 unspecified atom stereocenters. The zero-order chi connectivity index (χ0) is 13.1. The van der Waals surface area contributed by atoms with Crippen LogP contribution in [0.3, 0.4) is 0 Å². The zero-order valence-corrected chi connectivity index (χ0v) is 11.7. The van der Waals surface area contributed by atoms with E-state index in [1.54, 1.807) is 0 Å². The lowest BCUT2D eigenvalue weighted by Crippen LogP contribution is -2.47. The Kier molecular flexibility index (Phi) is 4.04. The number of piperidine rings is 1. The van der Waals surface area contributed by atoms with Gasteiger partial charge in [0.2, 0.25) is 0 Å². The van der Waals surface area contributed by atoms with Crippen molar-refractivity contribution in [2.45, 2.75) is 25.3 Å². The van der Waals surface area contributed by atoms with Crippen LogP contribution < -0.4 is 10.6 Å². The molecule has 0 spiro atoms. The molecule has 2 fully saturated rings. The number of anilines is 1. The lowest BCUT2D eigenvalue weighted by Gasteiger charge is -2.39. The highest BCUT2D eigenvalue weighted by atomic mass is 15.2. The van der Waals surface area contributed by atoms with Crippen molar-refractivity contribution in [3.8, 4) is 0 Å². The fourth-order valence-corrected chi connectivity index (χ4v) is 3.51. The van der Waals surface area contributed by atoms with Gasteiger partial charge in [0.05, 0.1) is 0 Å². The maximum absolute atomic E-state index is 5.81. The van der Waals surface area contributed by atoms with Crippen LogP contribution in [0.5, 0.6) is 0 Å². The second-order valence-electron chi connectivity index (χ2n) is 5.96. The van der Waals surface area contributed by atoms with Crippen molar-refractivity contribution in [2.24, 2.45) is 11.7 Å². The molecule has 1 aromatic carbocycles. The van der Waals surface area contributed by atoms with Gasteiger partial charge in [0.25, 0.3) is 0 Å². The SMILES string of the molecule is NCC1CCN(C2CCCN(c3ccccc3)C2)C1. The molecular weight excluding hydrogens is 234 g/mol. The summed E-state index contributed by atoms with van der Waals surface area (Å²) in [7, 11) is 0. The molecule has 2 saturated heterocycles. The van der Waals surface area contributed by atoms with Crippen molar-refractivity contribution < 1.29 is 0 Å². The fraction of sp³-hybridized carbons (Fsp3) is 0.625. The zero-order valence-electron chi connectivity index (χ0n) is 11.7. The molecule has 3 heteroatoms. The first-order valence-electron chi connectivity index (χ1n) is 7.61. The molecule has 19 heavy (non-hydrogen) atoms. The van der Waals surface area contributed by atoms with Crippen molar-refractivity contribution in [1.82, 2.24) is 4.90 Å². The minimum atomic E-state index is 0.727. The first kappa shape index (κ1) is 12.9. The minimum Gasteiger partial charge on any atom is -0.370 e. The molecule has 3 nitrogen and oxygen atoms in total. The van der Waals surface area contributed by atoms with E-state index in [0.29, 0.717) is 0 Å². The van der Waals surface area contributed by atoms with Crippen LogP contribution >= 0.6 is 0 Å². The molecule has 2 aliphatic heterocycles. The Hall–Kier alpha value is -1.06. The normalized spacial score (nSPS) is 28.8. The number of para-hydroxylation sites is 1. The summed E-state index contributed by atoms with van der Waals surface area (Å²) >= 11 is 0. The smallest absolute Gasteiger partial charge is 0.0366 e. The van der Waals surface area contributed by atoms with Gasteiger partial charge in [-0.2, -0.15) is 0 Å². The lowest BCUT2D eigenvalue weighted by molar-refractivity contribution is 0.209. The van der Waals surface area contributed by atoms with E-state index >= 15 is 0 Å². The highest BCUT2D eigenvalue weighted by molar-refractivity contribution is 5.46. The van der Waals surface area contributed by atoms with E-state index in [1.165, 1.54) is 51.1 Å². The molecule has 0 aromatic heterocycles. The van der Waals surface area contributed by atoms with Crippen LogP contribution in [0.1, 0.15) is 19.3 Å². The Morgan fingerprint density at radius 3 is 2.63 bits per heavy atom. The third kappa shape index (κ3) is 2.93. The van der Waals surface area contributed by atoms with Gasteiger partial charge in [-0.15, -0.1) is 0 Å². The summed E-state index contributed by atoms with van der Waals surface area (Å²) in [5, 5.41) is 0. The summed E-state index contributed by atoms with van der Waals surface area (Å²) in [4.78, 5) is 5.22. The van der Waals surface area contributed by atoms with Crippen molar-refractivity contribution >= 4 is 5.69 Å². The summed E-state index contributed by atoms with van der Waals surface area (Å²) in [6.45, 7) is 5.69. The number of likely N-dealkylation sites (tertiary alicyclic amines) is 1. The number of nitrogens with zero attached hydrogens (tertiary/aromatic N) is 2. The maximum Gasteiger partial charge on any atom is 0.0366 e. The van der Waals surface area contributed by atoms with Crippen LogP contribution in [-0.2, 0) is 0 Å². The minimum absolute atomic E-state index is 0.727. The van der Waals surface area contributed by atoms with E-state index in [0.717, 1.165) is 18.5 Å². The molecule has 104 valence electrons. The second kappa shape index (κ2) is 5.93. The van der Waals surface area contributed by atoms with Gasteiger partial charge >= 0.3 is 0 Å². The Bertz CT molecular complexity index is 392. The Labute approximate surface area is 116 Å². The quantitative estimate of drug-likeness (QED) is 0.900. The van der Waals surface area contributed by atoms with Crippen LogP contribution in [0.15, 0.2) is 30.3 Å². The molecule has 2 N–H and O–H groups in total. The van der Waals surface area contributed by atoms with Gasteiger partial charge in [0.1, 0.15) is 0 Å². The van der Waals surface area contributed by atoms with E-state index in [2.05, 4.69) is 40.1 Å². The third-order valence-electron chi connectivity index (χ3n) is 4.68. The highest BCUT2D eigenvalue weighted by Crippen LogP contribution is 2.26. The molecular formula is C16H25N3. The summed E-state index contributed by atoms with van der Waals surface area (Å²) in [5.41, 5.74) is 7.18. The number of hydrogen-bond donors (Lipinski definition) is 1. The molecule has 2 aliphatic rings. The van der Waals surface area contributed by atoms with Gasteiger partial charge in [-0.1, -0.05) is 18.2 Å².